The highest BCUT2D eigenvalue weighted by Gasteiger charge is 2.13. The van der Waals surface area contributed by atoms with E-state index in [0.717, 1.165) is 11.1 Å². The fraction of sp³-hybridized carbons (Fsp3) is 0.312. The lowest BCUT2D eigenvalue weighted by atomic mass is 10.1. The van der Waals surface area contributed by atoms with Crippen molar-refractivity contribution in [2.24, 2.45) is 7.05 Å². The summed E-state index contributed by atoms with van der Waals surface area (Å²) in [6, 6.07) is 8.00. The van der Waals surface area contributed by atoms with E-state index >= 15 is 0 Å². The summed E-state index contributed by atoms with van der Waals surface area (Å²) < 4.78 is 6.99. The number of ether oxygens (including phenoxy) is 1. The second-order valence-corrected chi connectivity index (χ2v) is 4.89. The fourth-order valence-electron chi connectivity index (χ4n) is 2.13. The molecule has 116 valence electrons. The van der Waals surface area contributed by atoms with Crippen molar-refractivity contribution < 1.29 is 9.66 Å². The highest BCUT2D eigenvalue weighted by atomic mass is 16.6. The van der Waals surface area contributed by atoms with E-state index in [0.29, 0.717) is 12.4 Å². The van der Waals surface area contributed by atoms with Crippen LogP contribution in [0.3, 0.4) is 0 Å². The van der Waals surface area contributed by atoms with Gasteiger partial charge in [0.05, 0.1) is 13.2 Å². The molecule has 0 radical (unpaired) electrons. The van der Waals surface area contributed by atoms with Crippen LogP contribution >= 0.6 is 0 Å². The molecule has 0 N–H and O–H groups in total. The smallest absolute Gasteiger partial charge is 0.342 e. The molecule has 0 bridgehead atoms. The maximum absolute atomic E-state index is 10.8. The Morgan fingerprint density at radius 2 is 2.05 bits per heavy atom. The van der Waals surface area contributed by atoms with Crippen LogP contribution in [0.5, 0.6) is 0 Å². The minimum absolute atomic E-state index is 0.0273. The molecule has 2 rings (SSSR count). The lowest BCUT2D eigenvalue weighted by Gasteiger charge is -2.11. The van der Waals surface area contributed by atoms with Crippen LogP contribution in [0.15, 0.2) is 30.5 Å². The van der Waals surface area contributed by atoms with Gasteiger partial charge in [-0.25, -0.2) is 9.55 Å². The van der Waals surface area contributed by atoms with Crippen molar-refractivity contribution in [2.75, 3.05) is 6.61 Å². The zero-order chi connectivity index (χ0) is 16.1. The minimum atomic E-state index is -0.450. The number of hydrogen-bond acceptors (Lipinski definition) is 4. The summed E-state index contributed by atoms with van der Waals surface area (Å²) in [7, 11) is 1.62. The van der Waals surface area contributed by atoms with Crippen molar-refractivity contribution in [3.05, 3.63) is 57.5 Å². The van der Waals surface area contributed by atoms with Gasteiger partial charge in [0.1, 0.15) is 6.20 Å². The SMILES string of the molecule is CCOC(C)c1ccc(/C=C/c2ncc([N+](=O)[O-])n2C)cc1. The van der Waals surface area contributed by atoms with Gasteiger partial charge in [-0.15, -0.1) is 0 Å². The molecule has 0 aliphatic rings. The second kappa shape index (κ2) is 7.00. The highest BCUT2D eigenvalue weighted by molar-refractivity contribution is 5.67. The molecule has 0 fully saturated rings. The van der Waals surface area contributed by atoms with E-state index in [4.69, 9.17) is 4.74 Å². The van der Waals surface area contributed by atoms with Crippen molar-refractivity contribution in [2.45, 2.75) is 20.0 Å². The highest BCUT2D eigenvalue weighted by Crippen LogP contribution is 2.18. The van der Waals surface area contributed by atoms with Gasteiger partial charge in [-0.2, -0.15) is 0 Å². The van der Waals surface area contributed by atoms with Crippen molar-refractivity contribution in [1.82, 2.24) is 9.55 Å². The summed E-state index contributed by atoms with van der Waals surface area (Å²) in [6.07, 6.45) is 4.96. The van der Waals surface area contributed by atoms with Gasteiger partial charge in [-0.3, -0.25) is 0 Å². The Bertz CT molecular complexity index is 674. The number of nitrogens with zero attached hydrogens (tertiary/aromatic N) is 3. The first-order valence-corrected chi connectivity index (χ1v) is 7.08. The molecule has 6 heteroatoms. The molecule has 2 aromatic rings. The van der Waals surface area contributed by atoms with E-state index in [1.807, 2.05) is 44.2 Å². The number of aromatic nitrogens is 2. The van der Waals surface area contributed by atoms with Gasteiger partial charge in [0.25, 0.3) is 0 Å². The van der Waals surface area contributed by atoms with E-state index in [1.54, 1.807) is 13.1 Å². The first-order chi connectivity index (χ1) is 10.5. The molecule has 1 aromatic carbocycles. The average molecular weight is 301 g/mol. The molecule has 0 aliphatic heterocycles. The summed E-state index contributed by atoms with van der Waals surface area (Å²) in [5, 5.41) is 10.8. The molecule has 0 amide bonds. The van der Waals surface area contributed by atoms with Crippen LogP contribution in [0.2, 0.25) is 0 Å². The quantitative estimate of drug-likeness (QED) is 0.604. The standard InChI is InChI=1S/C16H19N3O3/c1-4-22-12(2)14-8-5-13(6-9-14)7-10-15-17-11-16(18(15)3)19(20)21/h5-12H,4H2,1-3H3/b10-7+. The Morgan fingerprint density at radius 1 is 1.36 bits per heavy atom. The molecule has 0 saturated carbocycles. The maximum Gasteiger partial charge on any atom is 0.342 e. The molecule has 1 unspecified atom stereocenters. The molecular weight excluding hydrogens is 282 g/mol. The zero-order valence-corrected chi connectivity index (χ0v) is 12.9. The van der Waals surface area contributed by atoms with Crippen LogP contribution in [0.1, 0.15) is 36.9 Å². The molecule has 22 heavy (non-hydrogen) atoms. The normalized spacial score (nSPS) is 12.7. The van der Waals surface area contributed by atoms with Gasteiger partial charge in [0, 0.05) is 12.7 Å². The third kappa shape index (κ3) is 3.59. The molecule has 0 aliphatic carbocycles. The van der Waals surface area contributed by atoms with Crippen LogP contribution in [0, 0.1) is 10.1 Å². The molecule has 6 nitrogen and oxygen atoms in total. The van der Waals surface area contributed by atoms with Crippen LogP contribution in [-0.4, -0.2) is 21.1 Å². The van der Waals surface area contributed by atoms with Gasteiger partial charge in [-0.1, -0.05) is 24.3 Å². The monoisotopic (exact) mass is 301 g/mol. The van der Waals surface area contributed by atoms with E-state index in [2.05, 4.69) is 4.98 Å². The van der Waals surface area contributed by atoms with Crippen molar-refractivity contribution in [1.29, 1.82) is 0 Å². The first-order valence-electron chi connectivity index (χ1n) is 7.08. The lowest BCUT2D eigenvalue weighted by Crippen LogP contribution is -1.99. The number of hydrogen-bond donors (Lipinski definition) is 0. The van der Waals surface area contributed by atoms with Gasteiger partial charge in [0.2, 0.25) is 5.82 Å². The van der Waals surface area contributed by atoms with Crippen molar-refractivity contribution in [3.8, 4) is 0 Å². The summed E-state index contributed by atoms with van der Waals surface area (Å²) in [4.78, 5) is 14.4. The molecular formula is C16H19N3O3. The molecule has 0 spiro atoms. The molecule has 1 atom stereocenters. The van der Waals surface area contributed by atoms with Crippen LogP contribution in [-0.2, 0) is 11.8 Å². The maximum atomic E-state index is 10.8. The molecule has 1 heterocycles. The van der Waals surface area contributed by atoms with Gasteiger partial charge in [0.15, 0.2) is 0 Å². The predicted octanol–water partition coefficient (Wildman–Crippen LogP) is 3.60. The summed E-state index contributed by atoms with van der Waals surface area (Å²) in [5.41, 5.74) is 2.12. The van der Waals surface area contributed by atoms with Gasteiger partial charge in [-0.05, 0) is 36.0 Å². The Kier molecular flexibility index (Phi) is 5.06. The Balaban J connectivity index is 2.12. The van der Waals surface area contributed by atoms with Gasteiger partial charge < -0.3 is 14.9 Å². The van der Waals surface area contributed by atoms with Crippen molar-refractivity contribution in [3.63, 3.8) is 0 Å². The third-order valence-electron chi connectivity index (χ3n) is 3.43. The van der Waals surface area contributed by atoms with E-state index in [9.17, 15) is 10.1 Å². The summed E-state index contributed by atoms with van der Waals surface area (Å²) in [5.74, 6) is 0.513. The van der Waals surface area contributed by atoms with E-state index < -0.39 is 4.92 Å². The fourth-order valence-corrected chi connectivity index (χ4v) is 2.13. The van der Waals surface area contributed by atoms with E-state index in [-0.39, 0.29) is 11.9 Å². The summed E-state index contributed by atoms with van der Waals surface area (Å²) in [6.45, 7) is 4.67. The van der Waals surface area contributed by atoms with Gasteiger partial charge >= 0.3 is 5.82 Å². The third-order valence-corrected chi connectivity index (χ3v) is 3.43. The first kappa shape index (κ1) is 15.9. The summed E-state index contributed by atoms with van der Waals surface area (Å²) >= 11 is 0. The minimum Gasteiger partial charge on any atom is -0.374 e. The van der Waals surface area contributed by atoms with Crippen LogP contribution in [0.25, 0.3) is 12.2 Å². The molecule has 0 saturated heterocycles. The van der Waals surface area contributed by atoms with Crippen molar-refractivity contribution >= 4 is 18.0 Å². The predicted molar refractivity (Wildman–Crippen MR) is 85.3 cm³/mol. The zero-order valence-electron chi connectivity index (χ0n) is 12.9. The number of rotatable bonds is 6. The van der Waals surface area contributed by atoms with Crippen LogP contribution in [0.4, 0.5) is 5.82 Å². The number of benzene rings is 1. The lowest BCUT2D eigenvalue weighted by molar-refractivity contribution is -0.391. The average Bonchev–Trinajstić information content (AvgIpc) is 2.87. The number of nitro groups is 1. The van der Waals surface area contributed by atoms with E-state index in [1.165, 1.54) is 10.8 Å². The Labute approximate surface area is 129 Å². The number of imidazole rings is 1. The Morgan fingerprint density at radius 3 is 2.59 bits per heavy atom. The second-order valence-electron chi connectivity index (χ2n) is 4.89. The largest absolute Gasteiger partial charge is 0.374 e. The molecule has 1 aromatic heterocycles. The topological polar surface area (TPSA) is 70.2 Å². The van der Waals surface area contributed by atoms with Crippen LogP contribution < -0.4 is 0 Å². The Hall–Kier alpha value is -2.47.